The van der Waals surface area contributed by atoms with E-state index in [1.807, 2.05) is 20.0 Å². The number of nitrogens with zero attached hydrogens (tertiary/aromatic N) is 2. The molecule has 0 aliphatic heterocycles. The highest BCUT2D eigenvalue weighted by Crippen LogP contribution is 2.21. The molecule has 0 amide bonds. The lowest BCUT2D eigenvalue weighted by Gasteiger charge is -2.08. The Morgan fingerprint density at radius 3 is 2.67 bits per heavy atom. The molecule has 0 saturated heterocycles. The van der Waals surface area contributed by atoms with Crippen molar-refractivity contribution >= 4 is 15.9 Å². The van der Waals surface area contributed by atoms with E-state index in [0.717, 1.165) is 11.3 Å². The number of hydrogen-bond donors (Lipinski definition) is 1. The van der Waals surface area contributed by atoms with Crippen molar-refractivity contribution in [2.45, 2.75) is 19.4 Å². The summed E-state index contributed by atoms with van der Waals surface area (Å²) in [4.78, 5) is 0. The average molecular weight is 313 g/mol. The molecule has 0 radical (unpaired) electrons. The maximum absolute atomic E-state index is 13.2. The van der Waals surface area contributed by atoms with Gasteiger partial charge in [0.1, 0.15) is 11.9 Å². The first-order chi connectivity index (χ1) is 8.45. The zero-order valence-electron chi connectivity index (χ0n) is 10.2. The van der Waals surface area contributed by atoms with Crippen LogP contribution in [0.4, 0.5) is 4.39 Å². The van der Waals surface area contributed by atoms with Crippen LogP contribution in [0, 0.1) is 12.7 Å². The van der Waals surface area contributed by atoms with Gasteiger partial charge in [0.25, 0.3) is 0 Å². The fraction of sp³-hybridized carbons (Fsp3) is 0.308. The minimum atomic E-state index is -0.724. The Bertz CT molecular complexity index is 528. The van der Waals surface area contributed by atoms with Gasteiger partial charge in [0.05, 0.1) is 5.69 Å². The molecule has 0 aliphatic carbocycles. The molecule has 1 aromatic carbocycles. The first-order valence-electron chi connectivity index (χ1n) is 5.59. The highest BCUT2D eigenvalue weighted by Gasteiger charge is 2.13. The number of aliphatic hydroxyl groups is 1. The Morgan fingerprint density at radius 1 is 1.39 bits per heavy atom. The number of benzene rings is 1. The smallest absolute Gasteiger partial charge is 0.124 e. The second kappa shape index (κ2) is 5.20. The fourth-order valence-corrected chi connectivity index (χ4v) is 2.32. The lowest BCUT2D eigenvalue weighted by atomic mass is 10.1. The molecule has 0 aliphatic rings. The Kier molecular flexibility index (Phi) is 3.82. The predicted octanol–water partition coefficient (Wildman–Crippen LogP) is 2.91. The van der Waals surface area contributed by atoms with Gasteiger partial charge in [-0.15, -0.1) is 0 Å². The lowest BCUT2D eigenvalue weighted by Crippen LogP contribution is -2.04. The molecule has 1 atom stereocenters. The van der Waals surface area contributed by atoms with E-state index in [1.54, 1.807) is 10.7 Å². The molecule has 1 heterocycles. The number of rotatable bonds is 3. The Hall–Kier alpha value is -1.20. The Balaban J connectivity index is 2.18. The average Bonchev–Trinajstić information content (AvgIpc) is 2.57. The number of aliphatic hydroxyl groups excluding tert-OH is 1. The van der Waals surface area contributed by atoms with Crippen LogP contribution in [0.25, 0.3) is 0 Å². The molecular formula is C13H14BrFN2O. The molecule has 3 nitrogen and oxygen atoms in total. The molecule has 0 bridgehead atoms. The van der Waals surface area contributed by atoms with Gasteiger partial charge in [0.2, 0.25) is 0 Å². The molecule has 2 aromatic rings. The molecule has 5 heteroatoms. The maximum Gasteiger partial charge on any atom is 0.124 e. The molecule has 0 spiro atoms. The molecule has 18 heavy (non-hydrogen) atoms. The van der Waals surface area contributed by atoms with Crippen LogP contribution in [0.2, 0.25) is 0 Å². The number of hydrogen-bond acceptors (Lipinski definition) is 2. The molecule has 0 saturated carbocycles. The monoisotopic (exact) mass is 312 g/mol. The second-order valence-corrected chi connectivity index (χ2v) is 5.25. The second-order valence-electron chi connectivity index (χ2n) is 4.33. The van der Waals surface area contributed by atoms with Gasteiger partial charge in [0.15, 0.2) is 0 Å². The zero-order valence-corrected chi connectivity index (χ0v) is 11.8. The lowest BCUT2D eigenvalue weighted by molar-refractivity contribution is 0.172. The number of aryl methyl sites for hydroxylation is 2. The Morgan fingerprint density at radius 2 is 2.11 bits per heavy atom. The van der Waals surface area contributed by atoms with E-state index in [0.29, 0.717) is 16.6 Å². The van der Waals surface area contributed by atoms with E-state index >= 15 is 0 Å². The van der Waals surface area contributed by atoms with Crippen molar-refractivity contribution < 1.29 is 9.50 Å². The molecule has 96 valence electrons. The number of halogens is 2. The third-order valence-electron chi connectivity index (χ3n) is 2.83. The van der Waals surface area contributed by atoms with Crippen LogP contribution in [-0.2, 0) is 13.5 Å². The minimum Gasteiger partial charge on any atom is -0.386 e. The summed E-state index contributed by atoms with van der Waals surface area (Å²) in [5.41, 5.74) is 2.32. The first kappa shape index (κ1) is 13.2. The van der Waals surface area contributed by atoms with Crippen molar-refractivity contribution in [3.63, 3.8) is 0 Å². The molecule has 2 rings (SSSR count). The summed E-state index contributed by atoms with van der Waals surface area (Å²) in [5, 5.41) is 14.3. The first-order valence-corrected chi connectivity index (χ1v) is 6.38. The summed E-state index contributed by atoms with van der Waals surface area (Å²) >= 11 is 3.23. The quantitative estimate of drug-likeness (QED) is 0.946. The predicted molar refractivity (Wildman–Crippen MR) is 70.7 cm³/mol. The van der Waals surface area contributed by atoms with Gasteiger partial charge < -0.3 is 5.11 Å². The third-order valence-corrected chi connectivity index (χ3v) is 3.28. The van der Waals surface area contributed by atoms with Crippen LogP contribution >= 0.6 is 15.9 Å². The molecule has 1 N–H and O–H groups in total. The van der Waals surface area contributed by atoms with Gasteiger partial charge in [-0.05, 0) is 36.8 Å². The van der Waals surface area contributed by atoms with E-state index in [2.05, 4.69) is 21.0 Å². The molecule has 1 aromatic heterocycles. The van der Waals surface area contributed by atoms with Crippen LogP contribution in [-0.4, -0.2) is 14.9 Å². The highest BCUT2D eigenvalue weighted by molar-refractivity contribution is 9.10. The van der Waals surface area contributed by atoms with E-state index in [9.17, 15) is 9.50 Å². The SMILES string of the molecule is Cc1cc(C(O)Cc2cc(F)cc(Br)c2)nn1C. The van der Waals surface area contributed by atoms with Crippen molar-refractivity contribution in [2.75, 3.05) is 0 Å². The summed E-state index contributed by atoms with van der Waals surface area (Å²) in [6.07, 6.45) is -0.383. The standard InChI is InChI=1S/C13H14BrFN2O/c1-8-3-12(16-17(8)2)13(18)6-9-4-10(14)7-11(15)5-9/h3-5,7,13,18H,6H2,1-2H3. The van der Waals surface area contributed by atoms with Crippen molar-refractivity contribution in [1.82, 2.24) is 9.78 Å². The normalized spacial score (nSPS) is 12.7. The van der Waals surface area contributed by atoms with Gasteiger partial charge in [-0.25, -0.2) is 4.39 Å². The summed E-state index contributed by atoms with van der Waals surface area (Å²) in [7, 11) is 1.82. The van der Waals surface area contributed by atoms with Crippen molar-refractivity contribution in [3.8, 4) is 0 Å². The Labute approximate surface area is 113 Å². The molecule has 0 fully saturated rings. The summed E-state index contributed by atoms with van der Waals surface area (Å²) < 4.78 is 15.6. The van der Waals surface area contributed by atoms with Crippen molar-refractivity contribution in [1.29, 1.82) is 0 Å². The van der Waals surface area contributed by atoms with Gasteiger partial charge in [-0.2, -0.15) is 5.10 Å². The van der Waals surface area contributed by atoms with Gasteiger partial charge in [0, 0.05) is 23.6 Å². The van der Waals surface area contributed by atoms with E-state index in [4.69, 9.17) is 0 Å². The zero-order chi connectivity index (χ0) is 13.3. The summed E-state index contributed by atoms with van der Waals surface area (Å²) in [6.45, 7) is 1.92. The van der Waals surface area contributed by atoms with Crippen molar-refractivity contribution in [3.05, 3.63) is 51.5 Å². The minimum absolute atomic E-state index is 0.316. The van der Waals surface area contributed by atoms with Gasteiger partial charge >= 0.3 is 0 Å². The van der Waals surface area contributed by atoms with E-state index in [1.165, 1.54) is 12.1 Å². The highest BCUT2D eigenvalue weighted by atomic mass is 79.9. The third kappa shape index (κ3) is 2.97. The topological polar surface area (TPSA) is 38.1 Å². The summed E-state index contributed by atoms with van der Waals surface area (Å²) in [6, 6.07) is 6.44. The van der Waals surface area contributed by atoms with Gasteiger partial charge in [-0.3, -0.25) is 4.68 Å². The molecular weight excluding hydrogens is 299 g/mol. The maximum atomic E-state index is 13.2. The fourth-order valence-electron chi connectivity index (χ4n) is 1.81. The van der Waals surface area contributed by atoms with Crippen molar-refractivity contribution in [2.24, 2.45) is 7.05 Å². The largest absolute Gasteiger partial charge is 0.386 e. The van der Waals surface area contributed by atoms with Gasteiger partial charge in [-0.1, -0.05) is 15.9 Å². The van der Waals surface area contributed by atoms with Crippen LogP contribution in [0.1, 0.15) is 23.1 Å². The van der Waals surface area contributed by atoms with E-state index in [-0.39, 0.29) is 5.82 Å². The van der Waals surface area contributed by atoms with E-state index < -0.39 is 6.10 Å². The van der Waals surface area contributed by atoms with Crippen LogP contribution in [0.3, 0.4) is 0 Å². The molecule has 1 unspecified atom stereocenters. The number of aromatic nitrogens is 2. The van der Waals surface area contributed by atoms with Crippen LogP contribution in [0.5, 0.6) is 0 Å². The summed E-state index contributed by atoms with van der Waals surface area (Å²) in [5.74, 6) is -0.316. The van der Waals surface area contributed by atoms with Crippen LogP contribution in [0.15, 0.2) is 28.7 Å². The van der Waals surface area contributed by atoms with Crippen LogP contribution < -0.4 is 0 Å².